The first-order chi connectivity index (χ1) is 19.2. The quantitative estimate of drug-likeness (QED) is 0.0576. The van der Waals surface area contributed by atoms with Gasteiger partial charge in [-0.3, -0.25) is 14.9 Å². The van der Waals surface area contributed by atoms with Crippen molar-refractivity contribution < 1.29 is 24.0 Å². The standard InChI is InChI=1S/C30H22BrN3O6/c1-3-39-27-15-19(13-21(17-32)29(35)33-26-16-22(34(37)38)12-11-18(26)2)14-25(31)28(27)40-30(36)24-10-6-8-20-7-4-5-9-23(20)24/h4-16H,3H2,1-2H3,(H,33,35)/b21-13+. The van der Waals surface area contributed by atoms with Crippen molar-refractivity contribution in [3.05, 3.63) is 110 Å². The molecule has 0 fully saturated rings. The fourth-order valence-corrected chi connectivity index (χ4v) is 4.49. The third-order valence-electron chi connectivity index (χ3n) is 5.89. The number of nitro groups is 1. The second kappa shape index (κ2) is 12.2. The van der Waals surface area contributed by atoms with Crippen molar-refractivity contribution >= 4 is 56.0 Å². The topological polar surface area (TPSA) is 132 Å². The van der Waals surface area contributed by atoms with Crippen LogP contribution in [-0.2, 0) is 4.79 Å². The van der Waals surface area contributed by atoms with Crippen LogP contribution in [0.1, 0.15) is 28.4 Å². The molecule has 40 heavy (non-hydrogen) atoms. The molecule has 4 aromatic carbocycles. The van der Waals surface area contributed by atoms with Crippen molar-refractivity contribution in [2.24, 2.45) is 0 Å². The summed E-state index contributed by atoms with van der Waals surface area (Å²) in [6.07, 6.45) is 1.34. The lowest BCUT2D eigenvalue weighted by Gasteiger charge is -2.14. The van der Waals surface area contributed by atoms with Crippen molar-refractivity contribution in [2.45, 2.75) is 13.8 Å². The Hall–Kier alpha value is -5.01. The molecule has 200 valence electrons. The maximum Gasteiger partial charge on any atom is 0.344 e. The minimum atomic E-state index is -0.744. The highest BCUT2D eigenvalue weighted by atomic mass is 79.9. The number of hydrogen-bond acceptors (Lipinski definition) is 7. The Bertz CT molecular complexity index is 1720. The molecule has 0 unspecified atom stereocenters. The number of benzene rings is 4. The number of hydrogen-bond donors (Lipinski definition) is 1. The van der Waals surface area contributed by atoms with Crippen molar-refractivity contribution in [1.29, 1.82) is 5.26 Å². The van der Waals surface area contributed by atoms with Crippen LogP contribution in [0.2, 0.25) is 0 Å². The first-order valence-electron chi connectivity index (χ1n) is 12.1. The van der Waals surface area contributed by atoms with Crippen LogP contribution in [-0.4, -0.2) is 23.4 Å². The molecule has 0 aliphatic carbocycles. The fourth-order valence-electron chi connectivity index (χ4n) is 3.95. The predicted octanol–water partition coefficient (Wildman–Crippen LogP) is 6.98. The van der Waals surface area contributed by atoms with E-state index in [1.807, 2.05) is 36.4 Å². The largest absolute Gasteiger partial charge is 0.490 e. The van der Waals surface area contributed by atoms with Crippen molar-refractivity contribution in [1.82, 2.24) is 0 Å². The Labute approximate surface area is 237 Å². The minimum Gasteiger partial charge on any atom is -0.490 e. The highest BCUT2D eigenvalue weighted by Crippen LogP contribution is 2.38. The van der Waals surface area contributed by atoms with E-state index in [4.69, 9.17) is 9.47 Å². The van der Waals surface area contributed by atoms with E-state index in [9.17, 15) is 25.0 Å². The predicted molar refractivity (Wildman–Crippen MR) is 154 cm³/mol. The number of nitrogens with one attached hydrogen (secondary N) is 1. The van der Waals surface area contributed by atoms with Gasteiger partial charge in [0.25, 0.3) is 11.6 Å². The number of halogens is 1. The zero-order valence-corrected chi connectivity index (χ0v) is 23.0. The van der Waals surface area contributed by atoms with Crippen LogP contribution < -0.4 is 14.8 Å². The van der Waals surface area contributed by atoms with Crippen LogP contribution in [0.5, 0.6) is 11.5 Å². The van der Waals surface area contributed by atoms with Crippen molar-refractivity contribution in [3.63, 3.8) is 0 Å². The highest BCUT2D eigenvalue weighted by molar-refractivity contribution is 9.10. The number of ether oxygens (including phenoxy) is 2. The average molecular weight is 600 g/mol. The minimum absolute atomic E-state index is 0.145. The number of anilines is 1. The van der Waals surface area contributed by atoms with Gasteiger partial charge >= 0.3 is 5.97 Å². The highest BCUT2D eigenvalue weighted by Gasteiger charge is 2.20. The number of amides is 1. The van der Waals surface area contributed by atoms with Crippen LogP contribution in [0, 0.1) is 28.4 Å². The molecular formula is C30H22BrN3O6. The molecule has 0 heterocycles. The molecular weight excluding hydrogens is 578 g/mol. The Morgan fingerprint density at radius 3 is 2.58 bits per heavy atom. The van der Waals surface area contributed by atoms with E-state index < -0.39 is 16.8 Å². The number of rotatable bonds is 8. The van der Waals surface area contributed by atoms with Crippen molar-refractivity contribution in [3.8, 4) is 17.6 Å². The molecule has 4 rings (SSSR count). The summed E-state index contributed by atoms with van der Waals surface area (Å²) in [5.74, 6) is -0.950. The van der Waals surface area contributed by atoms with Gasteiger partial charge in [0.05, 0.1) is 27.3 Å². The lowest BCUT2D eigenvalue weighted by molar-refractivity contribution is -0.384. The fraction of sp³-hybridized carbons (Fsp3) is 0.100. The number of carbonyl (C=O) groups is 2. The summed E-state index contributed by atoms with van der Waals surface area (Å²) in [4.78, 5) is 36.6. The molecule has 10 heteroatoms. The monoisotopic (exact) mass is 599 g/mol. The average Bonchev–Trinajstić information content (AvgIpc) is 2.94. The summed E-state index contributed by atoms with van der Waals surface area (Å²) < 4.78 is 11.8. The van der Waals surface area contributed by atoms with Gasteiger partial charge in [0.15, 0.2) is 11.5 Å². The van der Waals surface area contributed by atoms with Gasteiger partial charge in [-0.2, -0.15) is 5.26 Å². The zero-order chi connectivity index (χ0) is 28.8. The molecule has 1 amide bonds. The maximum atomic E-state index is 13.2. The van der Waals surface area contributed by atoms with Gasteiger partial charge in [-0.05, 0) is 76.0 Å². The van der Waals surface area contributed by atoms with Crippen LogP contribution in [0.15, 0.2) is 82.8 Å². The molecule has 1 N–H and O–H groups in total. The molecule has 4 aromatic rings. The number of carbonyl (C=O) groups excluding carboxylic acids is 2. The third-order valence-corrected chi connectivity index (χ3v) is 6.48. The number of non-ortho nitro benzene ring substituents is 1. The molecule has 0 bridgehead atoms. The number of aryl methyl sites for hydroxylation is 1. The molecule has 0 atom stereocenters. The Kier molecular flexibility index (Phi) is 8.57. The molecule has 0 spiro atoms. The number of nitrogens with zero attached hydrogens (tertiary/aromatic N) is 2. The third kappa shape index (κ3) is 6.17. The van der Waals surface area contributed by atoms with Crippen molar-refractivity contribution in [2.75, 3.05) is 11.9 Å². The lowest BCUT2D eigenvalue weighted by atomic mass is 10.0. The van der Waals surface area contributed by atoms with Gasteiger partial charge in [0.2, 0.25) is 0 Å². The molecule has 0 aliphatic heterocycles. The van der Waals surface area contributed by atoms with E-state index in [-0.39, 0.29) is 35.1 Å². The van der Waals surface area contributed by atoms with E-state index in [2.05, 4.69) is 21.2 Å². The lowest BCUT2D eigenvalue weighted by Crippen LogP contribution is -2.14. The first-order valence-corrected chi connectivity index (χ1v) is 12.9. The normalized spacial score (nSPS) is 11.0. The smallest absolute Gasteiger partial charge is 0.344 e. The Morgan fingerprint density at radius 2 is 1.85 bits per heavy atom. The second-order valence-corrected chi connectivity index (χ2v) is 9.41. The SMILES string of the molecule is CCOc1cc(/C=C(\C#N)C(=O)Nc2cc([N+](=O)[O-])ccc2C)cc(Br)c1OC(=O)c1cccc2ccccc12. The summed E-state index contributed by atoms with van der Waals surface area (Å²) in [6.45, 7) is 3.71. The van der Waals surface area contributed by atoms with Gasteiger partial charge in [-0.15, -0.1) is 0 Å². The summed E-state index contributed by atoms with van der Waals surface area (Å²) in [5.41, 5.74) is 1.17. The molecule has 9 nitrogen and oxygen atoms in total. The Morgan fingerprint density at radius 1 is 1.10 bits per heavy atom. The maximum absolute atomic E-state index is 13.2. The van der Waals surface area contributed by atoms with Gasteiger partial charge in [-0.25, -0.2) is 4.79 Å². The second-order valence-electron chi connectivity index (χ2n) is 8.56. The molecule has 0 aliphatic rings. The van der Waals surface area contributed by atoms with Crippen LogP contribution in [0.4, 0.5) is 11.4 Å². The van der Waals surface area contributed by atoms with E-state index in [0.717, 1.165) is 10.8 Å². The number of nitriles is 1. The van der Waals surface area contributed by atoms with Gasteiger partial charge in [0.1, 0.15) is 11.6 Å². The number of fused-ring (bicyclic) bond motifs is 1. The van der Waals surface area contributed by atoms with E-state index >= 15 is 0 Å². The first kappa shape index (κ1) is 28.0. The van der Waals surface area contributed by atoms with Crippen LogP contribution in [0.3, 0.4) is 0 Å². The summed E-state index contributed by atoms with van der Waals surface area (Å²) in [6, 6.07) is 21.9. The summed E-state index contributed by atoms with van der Waals surface area (Å²) in [5, 5.41) is 25.0. The zero-order valence-electron chi connectivity index (χ0n) is 21.4. The summed E-state index contributed by atoms with van der Waals surface area (Å²) >= 11 is 3.42. The van der Waals surface area contributed by atoms with E-state index in [1.54, 1.807) is 38.1 Å². The van der Waals surface area contributed by atoms with Crippen LogP contribution in [0.25, 0.3) is 16.8 Å². The van der Waals surface area contributed by atoms with Gasteiger partial charge in [0, 0.05) is 12.1 Å². The van der Waals surface area contributed by atoms with Gasteiger partial charge in [-0.1, -0.05) is 42.5 Å². The summed E-state index contributed by atoms with van der Waals surface area (Å²) in [7, 11) is 0. The Balaban J connectivity index is 1.64. The number of nitro benzene ring substituents is 1. The van der Waals surface area contributed by atoms with Gasteiger partial charge < -0.3 is 14.8 Å². The van der Waals surface area contributed by atoms with E-state index in [1.165, 1.54) is 24.3 Å². The molecule has 0 aromatic heterocycles. The van der Waals surface area contributed by atoms with Crippen LogP contribution >= 0.6 is 15.9 Å². The molecule has 0 saturated heterocycles. The molecule has 0 saturated carbocycles. The van der Waals surface area contributed by atoms with E-state index in [0.29, 0.717) is 21.2 Å². The number of esters is 1. The molecule has 0 radical (unpaired) electrons.